The maximum Gasteiger partial charge on any atom is 0.258 e. The fraction of sp³-hybridized carbons (Fsp3) is 0.222. The summed E-state index contributed by atoms with van der Waals surface area (Å²) in [4.78, 5) is 19.3. The van der Waals surface area contributed by atoms with E-state index in [1.54, 1.807) is 16.8 Å². The third-order valence-electron chi connectivity index (χ3n) is 4.11. The molecule has 0 saturated carbocycles. The zero-order chi connectivity index (χ0) is 18.3. The minimum Gasteiger partial charge on any atom is -0.396 e. The molecule has 2 N–H and O–H groups in total. The summed E-state index contributed by atoms with van der Waals surface area (Å²) in [5.74, 6) is 0.249. The lowest BCUT2D eigenvalue weighted by molar-refractivity contribution is 0.632. The number of pyridine rings is 2. The van der Waals surface area contributed by atoms with Crippen LogP contribution in [0, 0.1) is 5.82 Å². The first kappa shape index (κ1) is 17.4. The molecule has 2 aromatic heterocycles. The summed E-state index contributed by atoms with van der Waals surface area (Å²) < 4.78 is 15.8. The highest BCUT2D eigenvalue weighted by atomic mass is 79.9. The van der Waals surface area contributed by atoms with Crippen molar-refractivity contribution in [1.29, 1.82) is 0 Å². The van der Waals surface area contributed by atoms with Crippen LogP contribution in [-0.2, 0) is 6.54 Å². The average molecular weight is 405 g/mol. The maximum atomic E-state index is 13.6. The van der Waals surface area contributed by atoms with E-state index in [2.05, 4.69) is 20.9 Å². The van der Waals surface area contributed by atoms with Gasteiger partial charge in [0.05, 0.1) is 11.2 Å². The third kappa shape index (κ3) is 3.00. The number of hydrogen-bond acceptors (Lipinski definition) is 4. The number of anilines is 2. The van der Waals surface area contributed by atoms with E-state index in [0.717, 1.165) is 16.7 Å². The molecule has 0 amide bonds. The third-order valence-corrected chi connectivity index (χ3v) is 4.77. The van der Waals surface area contributed by atoms with Gasteiger partial charge in [0.15, 0.2) is 0 Å². The molecule has 0 saturated heterocycles. The van der Waals surface area contributed by atoms with Crippen molar-refractivity contribution in [2.75, 3.05) is 24.7 Å². The summed E-state index contributed by atoms with van der Waals surface area (Å²) in [6.07, 6.45) is 1.74. The second-order valence-electron chi connectivity index (χ2n) is 5.96. The molecule has 1 aromatic carbocycles. The number of rotatable bonds is 3. The van der Waals surface area contributed by atoms with E-state index in [1.165, 1.54) is 12.1 Å². The summed E-state index contributed by atoms with van der Waals surface area (Å²) in [5.41, 5.74) is 7.36. The molecule has 25 heavy (non-hydrogen) atoms. The molecule has 0 radical (unpaired) electrons. The highest BCUT2D eigenvalue weighted by molar-refractivity contribution is 9.10. The lowest BCUT2D eigenvalue weighted by Gasteiger charge is -2.16. The molecule has 0 unspecified atom stereocenters. The van der Waals surface area contributed by atoms with Crippen molar-refractivity contribution in [1.82, 2.24) is 9.55 Å². The molecular formula is C18H18BrFN4O. The Morgan fingerprint density at radius 3 is 2.60 bits per heavy atom. The van der Waals surface area contributed by atoms with E-state index in [1.807, 2.05) is 32.0 Å². The van der Waals surface area contributed by atoms with Gasteiger partial charge in [-0.1, -0.05) is 15.9 Å². The van der Waals surface area contributed by atoms with E-state index in [0.29, 0.717) is 22.1 Å². The first-order valence-corrected chi connectivity index (χ1v) is 8.58. The first-order valence-electron chi connectivity index (χ1n) is 7.79. The number of halogens is 2. The van der Waals surface area contributed by atoms with Crippen molar-refractivity contribution >= 4 is 38.3 Å². The molecule has 0 aliphatic heterocycles. The summed E-state index contributed by atoms with van der Waals surface area (Å²) in [6.45, 7) is 2.42. The molecule has 0 atom stereocenters. The van der Waals surface area contributed by atoms with E-state index in [-0.39, 0.29) is 11.2 Å². The van der Waals surface area contributed by atoms with Crippen molar-refractivity contribution in [2.45, 2.75) is 13.5 Å². The minimum atomic E-state index is -0.524. The normalized spacial score (nSPS) is 11.1. The summed E-state index contributed by atoms with van der Waals surface area (Å²) in [6, 6.07) is 6.41. The predicted molar refractivity (Wildman–Crippen MR) is 104 cm³/mol. The summed E-state index contributed by atoms with van der Waals surface area (Å²) in [5, 5.41) is 0.830. The van der Waals surface area contributed by atoms with Crippen molar-refractivity contribution in [3.8, 4) is 11.1 Å². The number of aryl methyl sites for hydroxylation is 1. The monoisotopic (exact) mass is 404 g/mol. The van der Waals surface area contributed by atoms with Crippen LogP contribution in [0.3, 0.4) is 0 Å². The number of nitrogens with zero attached hydrogens (tertiary/aromatic N) is 3. The van der Waals surface area contributed by atoms with E-state index in [9.17, 15) is 9.18 Å². The van der Waals surface area contributed by atoms with E-state index < -0.39 is 5.82 Å². The molecule has 0 spiro atoms. The zero-order valence-electron chi connectivity index (χ0n) is 14.2. The van der Waals surface area contributed by atoms with Gasteiger partial charge >= 0.3 is 0 Å². The van der Waals surface area contributed by atoms with Gasteiger partial charge in [0, 0.05) is 53.9 Å². The van der Waals surface area contributed by atoms with E-state index >= 15 is 0 Å². The standard InChI is InChI=1S/C18H18BrFN4O/c1-4-24-16-8-17(23(2)3)22-9-10(16)5-12(18(24)25)11-6-15(21)14(20)7-13(11)19/h5-9H,4,21H2,1-3H3. The Morgan fingerprint density at radius 1 is 1.24 bits per heavy atom. The van der Waals surface area contributed by atoms with Gasteiger partial charge in [-0.05, 0) is 25.1 Å². The number of benzene rings is 1. The molecule has 0 aliphatic carbocycles. The van der Waals surface area contributed by atoms with Gasteiger partial charge in [-0.15, -0.1) is 0 Å². The van der Waals surface area contributed by atoms with Crippen molar-refractivity contribution < 1.29 is 4.39 Å². The Morgan fingerprint density at radius 2 is 1.96 bits per heavy atom. The van der Waals surface area contributed by atoms with Crippen molar-refractivity contribution in [3.05, 3.63) is 51.1 Å². The second kappa shape index (κ2) is 6.48. The highest BCUT2D eigenvalue weighted by Crippen LogP contribution is 2.31. The SMILES string of the molecule is CCn1c(=O)c(-c2cc(N)c(F)cc2Br)cc2cnc(N(C)C)cc21. The molecule has 2 heterocycles. The topological polar surface area (TPSA) is 64.1 Å². The summed E-state index contributed by atoms with van der Waals surface area (Å²) >= 11 is 3.33. The Hall–Kier alpha value is -2.41. The number of aromatic nitrogens is 2. The molecule has 7 heteroatoms. The van der Waals surface area contributed by atoms with Crippen LogP contribution < -0.4 is 16.2 Å². The van der Waals surface area contributed by atoms with Crippen molar-refractivity contribution in [3.63, 3.8) is 0 Å². The Labute approximate surface area is 153 Å². The van der Waals surface area contributed by atoms with Gasteiger partial charge < -0.3 is 15.2 Å². The predicted octanol–water partition coefficient (Wildman–Crippen LogP) is 3.63. The largest absolute Gasteiger partial charge is 0.396 e. The van der Waals surface area contributed by atoms with Gasteiger partial charge in [-0.25, -0.2) is 9.37 Å². The Balaban J connectivity index is 2.35. The number of nitrogens with two attached hydrogens (primary N) is 1. The Kier molecular flexibility index (Phi) is 4.51. The number of nitrogen functional groups attached to an aromatic ring is 1. The van der Waals surface area contributed by atoms with Crippen LogP contribution in [0.5, 0.6) is 0 Å². The highest BCUT2D eigenvalue weighted by Gasteiger charge is 2.15. The molecular weight excluding hydrogens is 387 g/mol. The van der Waals surface area contributed by atoms with Crippen LogP contribution in [0.15, 0.2) is 39.7 Å². The van der Waals surface area contributed by atoms with Crippen LogP contribution >= 0.6 is 15.9 Å². The maximum absolute atomic E-state index is 13.6. The lowest BCUT2D eigenvalue weighted by Crippen LogP contribution is -2.22. The van der Waals surface area contributed by atoms with Crippen LogP contribution in [0.4, 0.5) is 15.9 Å². The summed E-state index contributed by atoms with van der Waals surface area (Å²) in [7, 11) is 3.80. The van der Waals surface area contributed by atoms with E-state index in [4.69, 9.17) is 5.73 Å². The molecule has 130 valence electrons. The number of fused-ring (bicyclic) bond motifs is 1. The number of hydrogen-bond donors (Lipinski definition) is 1. The van der Waals surface area contributed by atoms with Gasteiger partial charge in [0.1, 0.15) is 11.6 Å². The van der Waals surface area contributed by atoms with Crippen LogP contribution in [-0.4, -0.2) is 23.6 Å². The fourth-order valence-electron chi connectivity index (χ4n) is 2.79. The molecule has 0 bridgehead atoms. The average Bonchev–Trinajstić information content (AvgIpc) is 2.57. The molecule has 5 nitrogen and oxygen atoms in total. The van der Waals surface area contributed by atoms with Gasteiger partial charge in [0.2, 0.25) is 0 Å². The van der Waals surface area contributed by atoms with Gasteiger partial charge in [-0.3, -0.25) is 4.79 Å². The van der Waals surface area contributed by atoms with Gasteiger partial charge in [-0.2, -0.15) is 0 Å². The molecule has 0 fully saturated rings. The van der Waals surface area contributed by atoms with Crippen LogP contribution in [0.2, 0.25) is 0 Å². The minimum absolute atomic E-state index is 0.00169. The molecule has 0 aliphatic rings. The van der Waals surface area contributed by atoms with Crippen LogP contribution in [0.1, 0.15) is 6.92 Å². The molecule has 3 rings (SSSR count). The van der Waals surface area contributed by atoms with Crippen LogP contribution in [0.25, 0.3) is 22.0 Å². The first-order chi connectivity index (χ1) is 11.8. The smallest absolute Gasteiger partial charge is 0.258 e. The fourth-order valence-corrected chi connectivity index (χ4v) is 3.31. The van der Waals surface area contributed by atoms with Gasteiger partial charge in [0.25, 0.3) is 5.56 Å². The quantitative estimate of drug-likeness (QED) is 0.676. The Bertz CT molecular complexity index is 1030. The second-order valence-corrected chi connectivity index (χ2v) is 6.81. The van der Waals surface area contributed by atoms with Crippen molar-refractivity contribution in [2.24, 2.45) is 0 Å². The molecule has 3 aromatic rings. The lowest BCUT2D eigenvalue weighted by atomic mass is 10.0. The zero-order valence-corrected chi connectivity index (χ0v) is 15.8.